The molecule has 0 aromatic carbocycles. The first-order valence-corrected chi connectivity index (χ1v) is 6.73. The molecule has 0 aliphatic carbocycles. The minimum Gasteiger partial charge on any atom is -0.453 e. The van der Waals surface area contributed by atoms with Gasteiger partial charge in [-0.3, -0.25) is 4.79 Å². The van der Waals surface area contributed by atoms with Crippen LogP contribution in [0.15, 0.2) is 4.52 Å². The van der Waals surface area contributed by atoms with E-state index in [1.807, 2.05) is 20.8 Å². The molecule has 1 aromatic heterocycles. The van der Waals surface area contributed by atoms with Crippen LogP contribution >= 0.6 is 0 Å². The highest BCUT2D eigenvalue weighted by Gasteiger charge is 2.24. The van der Waals surface area contributed by atoms with Crippen LogP contribution in [0.3, 0.4) is 0 Å². The summed E-state index contributed by atoms with van der Waals surface area (Å²) in [6.07, 6.45) is 0.744. The molecule has 19 heavy (non-hydrogen) atoms. The Morgan fingerprint density at radius 1 is 1.32 bits per heavy atom. The molecular formula is C14H24N2O3. The van der Waals surface area contributed by atoms with E-state index in [0.29, 0.717) is 24.1 Å². The van der Waals surface area contributed by atoms with E-state index in [4.69, 9.17) is 9.26 Å². The molecule has 0 radical (unpaired) electrons. The number of carbonyl (C=O) groups is 1. The summed E-state index contributed by atoms with van der Waals surface area (Å²) in [6.45, 7) is 11.9. The van der Waals surface area contributed by atoms with Gasteiger partial charge < -0.3 is 9.26 Å². The topological polar surface area (TPSA) is 65.2 Å². The molecule has 0 aliphatic rings. The monoisotopic (exact) mass is 268 g/mol. The minimum absolute atomic E-state index is 0.177. The average molecular weight is 268 g/mol. The van der Waals surface area contributed by atoms with E-state index in [9.17, 15) is 4.79 Å². The lowest BCUT2D eigenvalue weighted by Crippen LogP contribution is -2.14. The van der Waals surface area contributed by atoms with Gasteiger partial charge in [-0.15, -0.1) is 0 Å². The molecule has 1 heterocycles. The van der Waals surface area contributed by atoms with E-state index in [-0.39, 0.29) is 11.4 Å². The molecule has 0 spiro atoms. The van der Waals surface area contributed by atoms with Crippen LogP contribution < -0.4 is 0 Å². The zero-order valence-corrected chi connectivity index (χ0v) is 12.7. The minimum atomic E-state index is -0.497. The third kappa shape index (κ3) is 5.01. The second-order valence-corrected chi connectivity index (χ2v) is 6.27. The Hall–Kier alpha value is -1.39. The number of hydrogen-bond donors (Lipinski definition) is 0. The summed E-state index contributed by atoms with van der Waals surface area (Å²) in [5.74, 6) is 1.23. The Bertz CT molecular complexity index is 419. The number of esters is 1. The zero-order chi connectivity index (χ0) is 14.6. The van der Waals surface area contributed by atoms with E-state index < -0.39 is 6.10 Å². The SMILES string of the molecule is CC(C)CCC(=O)OC(C)c1nc(C(C)(C)C)no1. The van der Waals surface area contributed by atoms with E-state index in [1.54, 1.807) is 6.92 Å². The lowest BCUT2D eigenvalue weighted by atomic mass is 9.96. The molecule has 5 heteroatoms. The third-order valence-corrected chi connectivity index (χ3v) is 2.69. The van der Waals surface area contributed by atoms with Crippen molar-refractivity contribution in [3.05, 3.63) is 11.7 Å². The molecule has 1 unspecified atom stereocenters. The lowest BCUT2D eigenvalue weighted by Gasteiger charge is -2.12. The maximum absolute atomic E-state index is 11.6. The molecule has 108 valence electrons. The van der Waals surface area contributed by atoms with Crippen molar-refractivity contribution in [3.8, 4) is 0 Å². The summed E-state index contributed by atoms with van der Waals surface area (Å²) >= 11 is 0. The van der Waals surface area contributed by atoms with Crippen LogP contribution in [-0.2, 0) is 14.9 Å². The highest BCUT2D eigenvalue weighted by atomic mass is 16.6. The number of carbonyl (C=O) groups excluding carboxylic acids is 1. The number of ether oxygens (including phenoxy) is 1. The highest BCUT2D eigenvalue weighted by Crippen LogP contribution is 2.22. The van der Waals surface area contributed by atoms with Gasteiger partial charge in [0.15, 0.2) is 11.9 Å². The van der Waals surface area contributed by atoms with Crippen molar-refractivity contribution in [1.29, 1.82) is 0 Å². The van der Waals surface area contributed by atoms with Gasteiger partial charge in [0.25, 0.3) is 5.89 Å². The summed E-state index contributed by atoms with van der Waals surface area (Å²) in [7, 11) is 0. The molecule has 0 amide bonds. The molecule has 0 saturated carbocycles. The van der Waals surface area contributed by atoms with Crippen LogP contribution in [0.5, 0.6) is 0 Å². The van der Waals surface area contributed by atoms with Gasteiger partial charge in [0.2, 0.25) is 0 Å². The fourth-order valence-corrected chi connectivity index (χ4v) is 1.42. The first-order chi connectivity index (χ1) is 8.70. The van der Waals surface area contributed by atoms with Gasteiger partial charge >= 0.3 is 5.97 Å². The number of hydrogen-bond acceptors (Lipinski definition) is 5. The molecule has 0 fully saturated rings. The maximum atomic E-state index is 11.6. The van der Waals surface area contributed by atoms with Crippen LogP contribution in [0, 0.1) is 5.92 Å². The van der Waals surface area contributed by atoms with Gasteiger partial charge in [-0.1, -0.05) is 39.8 Å². The van der Waals surface area contributed by atoms with Crippen molar-refractivity contribution in [2.24, 2.45) is 5.92 Å². The van der Waals surface area contributed by atoms with Gasteiger partial charge in [-0.2, -0.15) is 4.98 Å². The van der Waals surface area contributed by atoms with Crippen molar-refractivity contribution in [3.63, 3.8) is 0 Å². The van der Waals surface area contributed by atoms with Crippen LogP contribution in [0.2, 0.25) is 0 Å². The van der Waals surface area contributed by atoms with Gasteiger partial charge in [-0.25, -0.2) is 0 Å². The average Bonchev–Trinajstić information content (AvgIpc) is 2.75. The molecule has 1 rings (SSSR count). The second kappa shape index (κ2) is 6.17. The third-order valence-electron chi connectivity index (χ3n) is 2.69. The van der Waals surface area contributed by atoms with Crippen molar-refractivity contribution in [2.45, 2.75) is 65.9 Å². The van der Waals surface area contributed by atoms with Crippen molar-refractivity contribution >= 4 is 5.97 Å². The molecule has 0 aliphatic heterocycles. The van der Waals surface area contributed by atoms with Gasteiger partial charge in [0, 0.05) is 11.8 Å². The molecule has 1 aromatic rings. The van der Waals surface area contributed by atoms with Crippen LogP contribution in [-0.4, -0.2) is 16.1 Å². The zero-order valence-electron chi connectivity index (χ0n) is 12.7. The Kier molecular flexibility index (Phi) is 5.09. The normalized spacial score (nSPS) is 13.6. The molecule has 5 nitrogen and oxygen atoms in total. The van der Waals surface area contributed by atoms with Crippen molar-refractivity contribution in [1.82, 2.24) is 10.1 Å². The molecule has 0 N–H and O–H groups in total. The molecular weight excluding hydrogens is 244 g/mol. The van der Waals surface area contributed by atoms with E-state index >= 15 is 0 Å². The van der Waals surface area contributed by atoms with Gasteiger partial charge in [0.1, 0.15) is 0 Å². The predicted molar refractivity (Wildman–Crippen MR) is 71.6 cm³/mol. The largest absolute Gasteiger partial charge is 0.453 e. The molecule has 0 saturated heterocycles. The first kappa shape index (κ1) is 15.7. The summed E-state index contributed by atoms with van der Waals surface area (Å²) < 4.78 is 10.4. The summed E-state index contributed by atoms with van der Waals surface area (Å²) in [5.41, 5.74) is -0.177. The van der Waals surface area contributed by atoms with Crippen molar-refractivity contribution in [2.75, 3.05) is 0 Å². The Labute approximate surface area is 114 Å². The Balaban J connectivity index is 2.56. The van der Waals surface area contributed by atoms with E-state index in [0.717, 1.165) is 6.42 Å². The smallest absolute Gasteiger partial charge is 0.306 e. The highest BCUT2D eigenvalue weighted by molar-refractivity contribution is 5.69. The molecule has 1 atom stereocenters. The number of rotatable bonds is 5. The maximum Gasteiger partial charge on any atom is 0.306 e. The van der Waals surface area contributed by atoms with Gasteiger partial charge in [-0.05, 0) is 19.3 Å². The Morgan fingerprint density at radius 3 is 2.42 bits per heavy atom. The quantitative estimate of drug-likeness (QED) is 0.766. The Morgan fingerprint density at radius 2 is 1.95 bits per heavy atom. The van der Waals surface area contributed by atoms with E-state index in [2.05, 4.69) is 24.0 Å². The second-order valence-electron chi connectivity index (χ2n) is 6.27. The lowest BCUT2D eigenvalue weighted by molar-refractivity contribution is -0.150. The number of aromatic nitrogens is 2. The number of nitrogens with zero attached hydrogens (tertiary/aromatic N) is 2. The fourth-order valence-electron chi connectivity index (χ4n) is 1.42. The van der Waals surface area contributed by atoms with Crippen LogP contribution in [0.1, 0.15) is 72.2 Å². The van der Waals surface area contributed by atoms with Crippen LogP contribution in [0.4, 0.5) is 0 Å². The van der Waals surface area contributed by atoms with Gasteiger partial charge in [0.05, 0.1) is 0 Å². The fraction of sp³-hybridized carbons (Fsp3) is 0.786. The molecule has 0 bridgehead atoms. The summed E-state index contributed by atoms with van der Waals surface area (Å²) in [4.78, 5) is 15.9. The first-order valence-electron chi connectivity index (χ1n) is 6.73. The predicted octanol–water partition coefficient (Wildman–Crippen LogP) is 3.41. The standard InChI is InChI=1S/C14H24N2O3/c1-9(2)7-8-11(17)18-10(3)12-15-13(16-19-12)14(4,5)6/h9-10H,7-8H2,1-6H3. The summed E-state index contributed by atoms with van der Waals surface area (Å²) in [6, 6.07) is 0. The van der Waals surface area contributed by atoms with Crippen LogP contribution in [0.25, 0.3) is 0 Å². The van der Waals surface area contributed by atoms with Crippen molar-refractivity contribution < 1.29 is 14.1 Å². The summed E-state index contributed by atoms with van der Waals surface area (Å²) in [5, 5.41) is 3.91. The van der Waals surface area contributed by atoms with E-state index in [1.165, 1.54) is 0 Å².